The molecule has 0 amide bonds. The topological polar surface area (TPSA) is 65.3 Å². The number of hydrogen-bond acceptors (Lipinski definition) is 4. The Labute approximate surface area is 137 Å². The van der Waals surface area contributed by atoms with Gasteiger partial charge in [0.15, 0.2) is 0 Å². The van der Waals surface area contributed by atoms with Crippen molar-refractivity contribution in [2.75, 3.05) is 6.61 Å². The Kier molecular flexibility index (Phi) is 6.61. The second-order valence-electron chi connectivity index (χ2n) is 5.50. The average molecular weight is 310 g/mol. The van der Waals surface area contributed by atoms with E-state index in [1.807, 2.05) is 42.5 Å². The fraction of sp³-hybridized carbons (Fsp3) is 0.316. The highest BCUT2D eigenvalue weighted by Crippen LogP contribution is 2.17. The van der Waals surface area contributed by atoms with Crippen LogP contribution in [-0.4, -0.2) is 17.8 Å². The van der Waals surface area contributed by atoms with Gasteiger partial charge in [0.2, 0.25) is 0 Å². The molecule has 2 rings (SSSR count). The van der Waals surface area contributed by atoms with E-state index >= 15 is 0 Å². The van der Waals surface area contributed by atoms with E-state index in [2.05, 4.69) is 18.3 Å². The number of rotatable bonds is 8. The maximum absolute atomic E-state index is 9.09. The minimum atomic E-state index is 0.190. The highest BCUT2D eigenvalue weighted by Gasteiger charge is 2.04. The number of nitriles is 1. The highest BCUT2D eigenvalue weighted by atomic mass is 16.5. The Hall–Kier alpha value is -2.35. The summed E-state index contributed by atoms with van der Waals surface area (Å²) in [5.74, 6) is 0.784. The second kappa shape index (κ2) is 8.94. The van der Waals surface area contributed by atoms with Gasteiger partial charge in [-0.15, -0.1) is 0 Å². The lowest BCUT2D eigenvalue weighted by atomic mass is 10.1. The molecule has 1 atom stereocenters. The monoisotopic (exact) mass is 310 g/mol. The Morgan fingerprint density at radius 2 is 2.04 bits per heavy atom. The van der Waals surface area contributed by atoms with Crippen molar-refractivity contribution in [1.29, 1.82) is 5.26 Å². The van der Waals surface area contributed by atoms with Crippen molar-refractivity contribution >= 4 is 0 Å². The first-order valence-electron chi connectivity index (χ1n) is 7.77. The van der Waals surface area contributed by atoms with Crippen molar-refractivity contribution in [3.63, 3.8) is 0 Å². The third-order valence-corrected chi connectivity index (χ3v) is 3.65. The summed E-state index contributed by atoms with van der Waals surface area (Å²) in [6.07, 6.45) is 0.737. The van der Waals surface area contributed by atoms with Crippen molar-refractivity contribution in [3.8, 4) is 11.8 Å². The largest absolute Gasteiger partial charge is 0.489 e. The zero-order valence-corrected chi connectivity index (χ0v) is 13.3. The van der Waals surface area contributed by atoms with Gasteiger partial charge in [0, 0.05) is 24.8 Å². The van der Waals surface area contributed by atoms with Crippen molar-refractivity contribution < 1.29 is 9.84 Å². The molecule has 23 heavy (non-hydrogen) atoms. The van der Waals surface area contributed by atoms with Crippen LogP contribution in [0.4, 0.5) is 0 Å². The minimum absolute atomic E-state index is 0.190. The van der Waals surface area contributed by atoms with E-state index in [0.717, 1.165) is 29.8 Å². The fourth-order valence-corrected chi connectivity index (χ4v) is 2.25. The molecular weight excluding hydrogens is 288 g/mol. The molecule has 0 aliphatic heterocycles. The third kappa shape index (κ3) is 5.41. The van der Waals surface area contributed by atoms with Gasteiger partial charge >= 0.3 is 0 Å². The summed E-state index contributed by atoms with van der Waals surface area (Å²) in [6, 6.07) is 17.8. The molecular formula is C19H22N2O2. The summed E-state index contributed by atoms with van der Waals surface area (Å²) in [7, 11) is 0. The molecule has 0 aliphatic rings. The number of aliphatic hydroxyl groups is 1. The third-order valence-electron chi connectivity index (χ3n) is 3.65. The van der Waals surface area contributed by atoms with Crippen molar-refractivity contribution in [2.24, 2.45) is 0 Å². The van der Waals surface area contributed by atoms with Gasteiger partial charge in [-0.25, -0.2) is 0 Å². The molecule has 4 heteroatoms. The molecule has 0 saturated heterocycles. The summed E-state index contributed by atoms with van der Waals surface area (Å²) in [5.41, 5.74) is 2.65. The summed E-state index contributed by atoms with van der Waals surface area (Å²) in [5, 5.41) is 21.4. The highest BCUT2D eigenvalue weighted by molar-refractivity contribution is 5.37. The lowest BCUT2D eigenvalue weighted by Crippen LogP contribution is -2.26. The molecule has 1 unspecified atom stereocenters. The molecule has 2 aromatic carbocycles. The van der Waals surface area contributed by atoms with E-state index in [0.29, 0.717) is 12.2 Å². The number of aliphatic hydroxyl groups excluding tert-OH is 1. The molecule has 0 aromatic heterocycles. The van der Waals surface area contributed by atoms with E-state index in [9.17, 15) is 0 Å². The molecule has 0 spiro atoms. The second-order valence-corrected chi connectivity index (χ2v) is 5.50. The van der Waals surface area contributed by atoms with Crippen LogP contribution in [0, 0.1) is 11.3 Å². The van der Waals surface area contributed by atoms with Crippen molar-refractivity contribution in [3.05, 3.63) is 65.2 Å². The van der Waals surface area contributed by atoms with Gasteiger partial charge in [-0.2, -0.15) is 5.26 Å². The first-order chi connectivity index (χ1) is 11.2. The number of hydrogen-bond donors (Lipinski definition) is 2. The average Bonchev–Trinajstić information content (AvgIpc) is 2.59. The normalized spacial score (nSPS) is 11.7. The number of nitrogens with one attached hydrogen (secondary N) is 1. The van der Waals surface area contributed by atoms with Crippen LogP contribution < -0.4 is 10.1 Å². The van der Waals surface area contributed by atoms with E-state index in [-0.39, 0.29) is 12.6 Å². The first kappa shape index (κ1) is 17.0. The molecule has 0 radical (unpaired) electrons. The standard InChI is InChI=1S/C19H22N2O2/c1-15(9-10-22)21-13-16-5-4-8-19(11-16)23-14-18-7-3-2-6-17(18)12-20/h2-8,11,15,21-22H,9-10,13-14H2,1H3. The zero-order chi connectivity index (χ0) is 16.5. The van der Waals surface area contributed by atoms with Crippen LogP contribution in [0.15, 0.2) is 48.5 Å². The maximum atomic E-state index is 9.09. The van der Waals surface area contributed by atoms with Crippen LogP contribution in [0.1, 0.15) is 30.0 Å². The minimum Gasteiger partial charge on any atom is -0.489 e. The number of nitrogens with zero attached hydrogens (tertiary/aromatic N) is 1. The van der Waals surface area contributed by atoms with Crippen LogP contribution in [-0.2, 0) is 13.2 Å². The van der Waals surface area contributed by atoms with Gasteiger partial charge < -0.3 is 15.2 Å². The van der Waals surface area contributed by atoms with Gasteiger partial charge in [0.05, 0.1) is 11.6 Å². The quantitative estimate of drug-likeness (QED) is 0.786. The molecule has 0 aliphatic carbocycles. The van der Waals surface area contributed by atoms with Gasteiger partial charge in [-0.3, -0.25) is 0 Å². The lowest BCUT2D eigenvalue weighted by Gasteiger charge is -2.13. The van der Waals surface area contributed by atoms with Crippen molar-refractivity contribution in [1.82, 2.24) is 5.32 Å². The predicted molar refractivity (Wildman–Crippen MR) is 89.9 cm³/mol. The molecule has 0 fully saturated rings. The van der Waals surface area contributed by atoms with Crippen molar-refractivity contribution in [2.45, 2.75) is 32.5 Å². The molecule has 0 heterocycles. The molecule has 2 N–H and O–H groups in total. The zero-order valence-electron chi connectivity index (χ0n) is 13.3. The first-order valence-corrected chi connectivity index (χ1v) is 7.77. The lowest BCUT2D eigenvalue weighted by molar-refractivity contribution is 0.268. The Morgan fingerprint density at radius 1 is 1.22 bits per heavy atom. The van der Waals surface area contributed by atoms with Crippen LogP contribution in [0.5, 0.6) is 5.75 Å². The van der Waals surface area contributed by atoms with E-state index in [4.69, 9.17) is 15.1 Å². The molecule has 120 valence electrons. The van der Waals surface area contributed by atoms with Gasteiger partial charge in [0.1, 0.15) is 12.4 Å². The fourth-order valence-electron chi connectivity index (χ4n) is 2.25. The predicted octanol–water partition coefficient (Wildman–Crippen LogP) is 3.00. The Bertz CT molecular complexity index is 664. The van der Waals surface area contributed by atoms with Crippen LogP contribution in [0.2, 0.25) is 0 Å². The Balaban J connectivity index is 1.94. The number of benzene rings is 2. The van der Waals surface area contributed by atoms with Gasteiger partial charge in [-0.05, 0) is 37.1 Å². The van der Waals surface area contributed by atoms with Crippen LogP contribution in [0.3, 0.4) is 0 Å². The summed E-state index contributed by atoms with van der Waals surface area (Å²) in [6.45, 7) is 3.35. The molecule has 4 nitrogen and oxygen atoms in total. The Morgan fingerprint density at radius 3 is 2.83 bits per heavy atom. The number of ether oxygens (including phenoxy) is 1. The summed E-state index contributed by atoms with van der Waals surface area (Å²) in [4.78, 5) is 0. The van der Waals surface area contributed by atoms with Crippen LogP contribution >= 0.6 is 0 Å². The molecule has 0 saturated carbocycles. The van der Waals surface area contributed by atoms with E-state index in [1.54, 1.807) is 6.07 Å². The summed E-state index contributed by atoms with van der Waals surface area (Å²) < 4.78 is 5.81. The SMILES string of the molecule is CC(CCO)NCc1cccc(OCc2ccccc2C#N)c1. The molecule has 2 aromatic rings. The molecule has 0 bridgehead atoms. The summed E-state index contributed by atoms with van der Waals surface area (Å²) >= 11 is 0. The van der Waals surface area contributed by atoms with E-state index in [1.165, 1.54) is 0 Å². The smallest absolute Gasteiger partial charge is 0.120 e. The van der Waals surface area contributed by atoms with Gasteiger partial charge in [0.25, 0.3) is 0 Å². The maximum Gasteiger partial charge on any atom is 0.120 e. The van der Waals surface area contributed by atoms with Crippen LogP contribution in [0.25, 0.3) is 0 Å². The van der Waals surface area contributed by atoms with E-state index < -0.39 is 0 Å². The van der Waals surface area contributed by atoms with Gasteiger partial charge in [-0.1, -0.05) is 30.3 Å².